The fourth-order valence-electron chi connectivity index (χ4n) is 2.94. The SMILES string of the molecule is N=Cc1c(N)nc2sc(C(N)=O)c(N)c2c1-c1ccc2occc2c1. The third-order valence-corrected chi connectivity index (χ3v) is 5.17. The van der Waals surface area contributed by atoms with Crippen LogP contribution in [-0.4, -0.2) is 17.1 Å². The quantitative estimate of drug-likeness (QED) is 0.419. The largest absolute Gasteiger partial charge is 0.464 e. The lowest BCUT2D eigenvalue weighted by Crippen LogP contribution is -2.10. The lowest BCUT2D eigenvalue weighted by atomic mass is 9.96. The Morgan fingerprint density at radius 1 is 1.28 bits per heavy atom. The van der Waals surface area contributed by atoms with E-state index in [0.29, 0.717) is 21.3 Å². The highest BCUT2D eigenvalue weighted by atomic mass is 32.1. The number of nitrogen functional groups attached to an aromatic ring is 2. The van der Waals surface area contributed by atoms with Crippen LogP contribution in [0, 0.1) is 5.41 Å². The number of pyridine rings is 1. The van der Waals surface area contributed by atoms with Crippen molar-refractivity contribution in [3.8, 4) is 11.1 Å². The number of carbonyl (C=O) groups is 1. The number of furan rings is 1. The van der Waals surface area contributed by atoms with Gasteiger partial charge in [-0.25, -0.2) is 4.98 Å². The summed E-state index contributed by atoms with van der Waals surface area (Å²) in [4.78, 5) is 16.7. The Morgan fingerprint density at radius 3 is 2.80 bits per heavy atom. The molecule has 0 atom stereocenters. The Balaban J connectivity index is 2.16. The van der Waals surface area contributed by atoms with Gasteiger partial charge in [-0.3, -0.25) is 4.79 Å². The number of fused-ring (bicyclic) bond motifs is 2. The van der Waals surface area contributed by atoms with Crippen molar-refractivity contribution in [2.75, 3.05) is 11.5 Å². The van der Waals surface area contributed by atoms with Crippen LogP contribution >= 0.6 is 11.3 Å². The van der Waals surface area contributed by atoms with Crippen molar-refractivity contribution >= 4 is 56.1 Å². The smallest absolute Gasteiger partial charge is 0.260 e. The highest BCUT2D eigenvalue weighted by Gasteiger charge is 2.22. The molecule has 3 aromatic heterocycles. The minimum absolute atomic E-state index is 0.196. The van der Waals surface area contributed by atoms with Gasteiger partial charge in [-0.15, -0.1) is 11.3 Å². The molecule has 124 valence electrons. The monoisotopic (exact) mass is 351 g/mol. The van der Waals surface area contributed by atoms with Gasteiger partial charge >= 0.3 is 0 Å². The Morgan fingerprint density at radius 2 is 2.08 bits per heavy atom. The van der Waals surface area contributed by atoms with Crippen LogP contribution in [0.4, 0.5) is 11.5 Å². The topological polar surface area (TPSA) is 145 Å². The van der Waals surface area contributed by atoms with Crippen molar-refractivity contribution < 1.29 is 9.21 Å². The van der Waals surface area contributed by atoms with Gasteiger partial charge in [0.2, 0.25) is 0 Å². The number of thiophene rings is 1. The number of hydrogen-bond donors (Lipinski definition) is 4. The van der Waals surface area contributed by atoms with E-state index in [1.807, 2.05) is 24.3 Å². The van der Waals surface area contributed by atoms with Crippen LogP contribution < -0.4 is 17.2 Å². The van der Waals surface area contributed by atoms with Gasteiger partial charge in [-0.1, -0.05) is 6.07 Å². The fourth-order valence-corrected chi connectivity index (χ4v) is 3.90. The number of rotatable bonds is 3. The van der Waals surface area contributed by atoms with E-state index in [-0.39, 0.29) is 16.4 Å². The van der Waals surface area contributed by atoms with E-state index < -0.39 is 5.91 Å². The third kappa shape index (κ3) is 2.15. The van der Waals surface area contributed by atoms with Crippen LogP contribution in [0.3, 0.4) is 0 Å². The molecule has 1 aromatic carbocycles. The van der Waals surface area contributed by atoms with Gasteiger partial charge < -0.3 is 27.0 Å². The second-order valence-corrected chi connectivity index (χ2v) is 6.49. The highest BCUT2D eigenvalue weighted by molar-refractivity contribution is 7.21. The van der Waals surface area contributed by atoms with Crippen molar-refractivity contribution in [2.24, 2.45) is 5.73 Å². The molecule has 0 aliphatic carbocycles. The minimum Gasteiger partial charge on any atom is -0.464 e. The van der Waals surface area contributed by atoms with E-state index in [1.165, 1.54) is 0 Å². The van der Waals surface area contributed by atoms with Crippen LogP contribution in [0.25, 0.3) is 32.3 Å². The number of carbonyl (C=O) groups excluding carboxylic acids is 1. The lowest BCUT2D eigenvalue weighted by molar-refractivity contribution is 0.100. The van der Waals surface area contributed by atoms with Gasteiger partial charge in [0.1, 0.15) is 21.1 Å². The molecule has 0 aliphatic heterocycles. The van der Waals surface area contributed by atoms with Crippen LogP contribution in [0.5, 0.6) is 0 Å². The summed E-state index contributed by atoms with van der Waals surface area (Å²) in [6.45, 7) is 0. The minimum atomic E-state index is -0.619. The summed E-state index contributed by atoms with van der Waals surface area (Å²) >= 11 is 1.10. The second-order valence-electron chi connectivity index (χ2n) is 5.49. The molecule has 8 heteroatoms. The molecule has 0 spiro atoms. The van der Waals surface area contributed by atoms with Gasteiger partial charge in [0, 0.05) is 28.1 Å². The molecule has 0 bridgehead atoms. The first kappa shape index (κ1) is 15.2. The number of amides is 1. The van der Waals surface area contributed by atoms with Crippen molar-refractivity contribution in [1.82, 2.24) is 4.98 Å². The number of aromatic nitrogens is 1. The Labute approximate surface area is 145 Å². The van der Waals surface area contributed by atoms with E-state index in [9.17, 15) is 4.79 Å². The first-order valence-electron chi connectivity index (χ1n) is 7.30. The Bertz CT molecular complexity index is 1170. The number of anilines is 2. The van der Waals surface area contributed by atoms with Crippen molar-refractivity contribution in [3.63, 3.8) is 0 Å². The van der Waals surface area contributed by atoms with E-state index in [1.54, 1.807) is 6.26 Å². The molecule has 0 saturated heterocycles. The zero-order valence-corrected chi connectivity index (χ0v) is 13.7. The molecular weight excluding hydrogens is 338 g/mol. The second kappa shape index (κ2) is 5.32. The van der Waals surface area contributed by atoms with Gasteiger partial charge in [-0.2, -0.15) is 0 Å². The van der Waals surface area contributed by atoms with Crippen LogP contribution in [0.1, 0.15) is 15.2 Å². The molecule has 0 unspecified atom stereocenters. The number of nitrogens with zero attached hydrogens (tertiary/aromatic N) is 1. The van der Waals surface area contributed by atoms with Crippen LogP contribution in [0.2, 0.25) is 0 Å². The number of nitrogens with two attached hydrogens (primary N) is 3. The summed E-state index contributed by atoms with van der Waals surface area (Å²) in [5.41, 5.74) is 20.5. The normalized spacial score (nSPS) is 11.2. The van der Waals surface area contributed by atoms with Crippen molar-refractivity contribution in [3.05, 3.63) is 41.0 Å². The summed E-state index contributed by atoms with van der Waals surface area (Å²) in [6.07, 6.45) is 2.74. The van der Waals surface area contributed by atoms with E-state index in [0.717, 1.165) is 34.1 Å². The summed E-state index contributed by atoms with van der Waals surface area (Å²) in [7, 11) is 0. The summed E-state index contributed by atoms with van der Waals surface area (Å²) in [5.74, 6) is -0.422. The van der Waals surface area contributed by atoms with Gasteiger partial charge in [0.05, 0.1) is 12.0 Å². The standard InChI is InChI=1S/C17H13N5O2S/c18-6-9-11(8-1-2-10-7(5-8)3-4-24-10)12-13(19)14(16(21)23)25-17(12)22-15(9)20/h1-6,18H,19H2,(H2,20,22)(H2,21,23). The molecule has 4 aromatic rings. The molecule has 0 fully saturated rings. The predicted molar refractivity (Wildman–Crippen MR) is 100 cm³/mol. The maximum atomic E-state index is 11.7. The molecule has 3 heterocycles. The molecule has 4 rings (SSSR count). The fraction of sp³-hybridized carbons (Fsp3) is 0. The average Bonchev–Trinajstić information content (AvgIpc) is 3.17. The maximum Gasteiger partial charge on any atom is 0.260 e. The van der Waals surface area contributed by atoms with Gasteiger partial charge in [-0.05, 0) is 23.8 Å². The van der Waals surface area contributed by atoms with Crippen LogP contribution in [-0.2, 0) is 0 Å². The van der Waals surface area contributed by atoms with E-state index >= 15 is 0 Å². The van der Waals surface area contributed by atoms with Crippen LogP contribution in [0.15, 0.2) is 34.9 Å². The number of nitrogens with one attached hydrogen (secondary N) is 1. The average molecular weight is 351 g/mol. The molecular formula is C17H13N5O2S. The zero-order chi connectivity index (χ0) is 17.7. The van der Waals surface area contributed by atoms with Crippen molar-refractivity contribution in [2.45, 2.75) is 0 Å². The first-order valence-corrected chi connectivity index (χ1v) is 8.12. The molecule has 1 amide bonds. The summed E-state index contributed by atoms with van der Waals surface area (Å²) in [6, 6.07) is 7.45. The molecule has 0 saturated carbocycles. The summed E-state index contributed by atoms with van der Waals surface area (Å²) < 4.78 is 5.37. The summed E-state index contributed by atoms with van der Waals surface area (Å²) in [5, 5.41) is 9.23. The predicted octanol–water partition coefficient (Wildman–Crippen LogP) is 2.97. The first-order chi connectivity index (χ1) is 12.0. The van der Waals surface area contributed by atoms with E-state index in [4.69, 9.17) is 27.0 Å². The Kier molecular flexibility index (Phi) is 3.22. The number of benzene rings is 1. The van der Waals surface area contributed by atoms with E-state index in [2.05, 4.69) is 4.98 Å². The molecule has 25 heavy (non-hydrogen) atoms. The molecule has 7 N–H and O–H groups in total. The van der Waals surface area contributed by atoms with Crippen molar-refractivity contribution in [1.29, 1.82) is 5.41 Å². The molecule has 0 aliphatic rings. The van der Waals surface area contributed by atoms with Gasteiger partial charge in [0.25, 0.3) is 5.91 Å². The zero-order valence-electron chi connectivity index (χ0n) is 12.9. The maximum absolute atomic E-state index is 11.7. The molecule has 7 nitrogen and oxygen atoms in total. The molecule has 0 radical (unpaired) electrons. The van der Waals surface area contributed by atoms with Gasteiger partial charge in [0.15, 0.2) is 0 Å². The third-order valence-electron chi connectivity index (χ3n) is 4.05. The highest BCUT2D eigenvalue weighted by Crippen LogP contribution is 2.42. The Hall–Kier alpha value is -3.39. The number of hydrogen-bond acceptors (Lipinski definition) is 7. The number of primary amides is 1. The lowest BCUT2D eigenvalue weighted by Gasteiger charge is -2.11.